The Hall–Kier alpha value is -1.81. The largest absolute Gasteiger partial charge is 0.465 e. The second kappa shape index (κ2) is 6.97. The Morgan fingerprint density at radius 1 is 1.45 bits per heavy atom. The number of hydrogen-bond donors (Lipinski definition) is 1. The standard InChI is InChI=1S/C15H24N2O5/c1-5-21-12(19)15(7-8-16)10-17(9-6-11(15)18)13(20)22-14(2,3)4/h11,18H,5-7,9-10H2,1-4H3. The van der Waals surface area contributed by atoms with Crippen LogP contribution in [0.1, 0.15) is 40.5 Å². The number of amides is 1. The molecule has 0 saturated carbocycles. The summed E-state index contributed by atoms with van der Waals surface area (Å²) in [5.74, 6) is -0.655. The van der Waals surface area contributed by atoms with Gasteiger partial charge in [-0.15, -0.1) is 0 Å². The number of nitrogens with zero attached hydrogens (tertiary/aromatic N) is 2. The fourth-order valence-electron chi connectivity index (χ4n) is 2.42. The zero-order valence-corrected chi connectivity index (χ0v) is 13.6. The number of likely N-dealkylation sites (tertiary alicyclic amines) is 1. The van der Waals surface area contributed by atoms with Crippen molar-refractivity contribution in [3.05, 3.63) is 0 Å². The normalized spacial score (nSPS) is 25.3. The molecule has 1 rings (SSSR count). The predicted octanol–water partition coefficient (Wildman–Crippen LogP) is 1.45. The van der Waals surface area contributed by atoms with Gasteiger partial charge in [0.05, 0.1) is 25.2 Å². The molecular weight excluding hydrogens is 288 g/mol. The Balaban J connectivity index is 2.98. The van der Waals surface area contributed by atoms with Crippen LogP contribution in [0.4, 0.5) is 4.79 Å². The van der Waals surface area contributed by atoms with Crippen LogP contribution in [0.15, 0.2) is 0 Å². The molecule has 0 bridgehead atoms. The summed E-state index contributed by atoms with van der Waals surface area (Å²) in [6, 6.07) is 1.92. The van der Waals surface area contributed by atoms with Crippen molar-refractivity contribution in [3.8, 4) is 6.07 Å². The third-order valence-electron chi connectivity index (χ3n) is 3.51. The molecule has 124 valence electrons. The van der Waals surface area contributed by atoms with E-state index in [9.17, 15) is 14.7 Å². The van der Waals surface area contributed by atoms with Crippen LogP contribution in [-0.2, 0) is 14.3 Å². The molecule has 1 fully saturated rings. The first kappa shape index (κ1) is 18.2. The lowest BCUT2D eigenvalue weighted by molar-refractivity contribution is -0.168. The highest BCUT2D eigenvalue weighted by Crippen LogP contribution is 2.35. The van der Waals surface area contributed by atoms with E-state index in [1.807, 2.05) is 6.07 Å². The van der Waals surface area contributed by atoms with Crippen molar-refractivity contribution in [1.82, 2.24) is 4.90 Å². The molecule has 22 heavy (non-hydrogen) atoms. The number of esters is 1. The maximum Gasteiger partial charge on any atom is 0.410 e. The number of hydrogen-bond acceptors (Lipinski definition) is 6. The highest BCUT2D eigenvalue weighted by molar-refractivity contribution is 5.80. The lowest BCUT2D eigenvalue weighted by Crippen LogP contribution is -2.58. The van der Waals surface area contributed by atoms with Gasteiger partial charge in [-0.3, -0.25) is 4.79 Å². The quantitative estimate of drug-likeness (QED) is 0.792. The van der Waals surface area contributed by atoms with Crippen molar-refractivity contribution in [2.75, 3.05) is 19.7 Å². The number of rotatable bonds is 3. The summed E-state index contributed by atoms with van der Waals surface area (Å²) in [6.45, 7) is 7.22. The molecular formula is C15H24N2O5. The van der Waals surface area contributed by atoms with Gasteiger partial charge in [0.15, 0.2) is 0 Å². The number of aliphatic hydroxyl groups excluding tert-OH is 1. The van der Waals surface area contributed by atoms with Gasteiger partial charge in [-0.05, 0) is 34.1 Å². The highest BCUT2D eigenvalue weighted by Gasteiger charge is 2.51. The molecule has 7 heteroatoms. The van der Waals surface area contributed by atoms with Crippen molar-refractivity contribution in [3.63, 3.8) is 0 Å². The van der Waals surface area contributed by atoms with Gasteiger partial charge >= 0.3 is 12.1 Å². The van der Waals surface area contributed by atoms with E-state index in [0.717, 1.165) is 0 Å². The third kappa shape index (κ3) is 4.10. The Morgan fingerprint density at radius 2 is 2.09 bits per heavy atom. The smallest absolute Gasteiger partial charge is 0.410 e. The van der Waals surface area contributed by atoms with Gasteiger partial charge in [0.25, 0.3) is 0 Å². The molecule has 1 aliphatic rings. The van der Waals surface area contributed by atoms with E-state index in [1.165, 1.54) is 4.90 Å². The molecule has 1 heterocycles. The number of aliphatic hydroxyl groups is 1. The first-order valence-electron chi connectivity index (χ1n) is 7.36. The molecule has 1 N–H and O–H groups in total. The van der Waals surface area contributed by atoms with Gasteiger partial charge in [-0.25, -0.2) is 4.79 Å². The number of carbonyl (C=O) groups is 2. The summed E-state index contributed by atoms with van der Waals surface area (Å²) in [7, 11) is 0. The topological polar surface area (TPSA) is 99.9 Å². The lowest BCUT2D eigenvalue weighted by Gasteiger charge is -2.43. The fourth-order valence-corrected chi connectivity index (χ4v) is 2.42. The third-order valence-corrected chi connectivity index (χ3v) is 3.51. The molecule has 1 saturated heterocycles. The molecule has 2 atom stereocenters. The Bertz CT molecular complexity index is 466. The average Bonchev–Trinajstić information content (AvgIpc) is 2.39. The minimum Gasteiger partial charge on any atom is -0.465 e. The van der Waals surface area contributed by atoms with Crippen molar-refractivity contribution in [1.29, 1.82) is 5.26 Å². The Morgan fingerprint density at radius 3 is 2.59 bits per heavy atom. The van der Waals surface area contributed by atoms with Crippen molar-refractivity contribution >= 4 is 12.1 Å². The lowest BCUT2D eigenvalue weighted by atomic mass is 9.75. The number of piperidine rings is 1. The van der Waals surface area contributed by atoms with Crippen LogP contribution >= 0.6 is 0 Å². The van der Waals surface area contributed by atoms with E-state index in [1.54, 1.807) is 27.7 Å². The summed E-state index contributed by atoms with van der Waals surface area (Å²) in [4.78, 5) is 25.8. The summed E-state index contributed by atoms with van der Waals surface area (Å²) in [5.41, 5.74) is -2.07. The van der Waals surface area contributed by atoms with E-state index < -0.39 is 29.2 Å². The van der Waals surface area contributed by atoms with Gasteiger partial charge in [-0.2, -0.15) is 5.26 Å². The summed E-state index contributed by atoms with van der Waals surface area (Å²) < 4.78 is 10.3. The minimum absolute atomic E-state index is 0.0878. The summed E-state index contributed by atoms with van der Waals surface area (Å²) >= 11 is 0. The molecule has 7 nitrogen and oxygen atoms in total. The minimum atomic E-state index is -1.42. The van der Waals surface area contributed by atoms with Crippen LogP contribution in [0, 0.1) is 16.7 Å². The second-order valence-electron chi connectivity index (χ2n) is 6.42. The van der Waals surface area contributed by atoms with Crippen molar-refractivity contribution < 1.29 is 24.2 Å². The fraction of sp³-hybridized carbons (Fsp3) is 0.800. The first-order chi connectivity index (χ1) is 10.2. The molecule has 1 amide bonds. The maximum atomic E-state index is 12.3. The second-order valence-corrected chi connectivity index (χ2v) is 6.42. The van der Waals surface area contributed by atoms with Gasteiger partial charge in [0.1, 0.15) is 11.0 Å². The van der Waals surface area contributed by atoms with Gasteiger partial charge < -0.3 is 19.5 Å². The van der Waals surface area contributed by atoms with E-state index in [-0.39, 0.29) is 32.5 Å². The van der Waals surface area contributed by atoms with Crippen LogP contribution in [0.3, 0.4) is 0 Å². The van der Waals surface area contributed by atoms with E-state index in [2.05, 4.69) is 0 Å². The van der Waals surface area contributed by atoms with Crippen LogP contribution in [0.5, 0.6) is 0 Å². The SMILES string of the molecule is CCOC(=O)C1(CC#N)CN(C(=O)OC(C)(C)C)CCC1O. The average molecular weight is 312 g/mol. The number of ether oxygens (including phenoxy) is 2. The van der Waals surface area contributed by atoms with E-state index in [4.69, 9.17) is 14.7 Å². The van der Waals surface area contributed by atoms with Crippen LogP contribution < -0.4 is 0 Å². The number of nitriles is 1. The molecule has 0 aliphatic carbocycles. The van der Waals surface area contributed by atoms with Gasteiger partial charge in [-0.1, -0.05) is 0 Å². The van der Waals surface area contributed by atoms with Crippen molar-refractivity contribution in [2.24, 2.45) is 5.41 Å². The Labute approximate surface area is 130 Å². The Kier molecular flexibility index (Phi) is 5.78. The van der Waals surface area contributed by atoms with E-state index in [0.29, 0.717) is 0 Å². The zero-order chi connectivity index (χ0) is 17.0. The predicted molar refractivity (Wildman–Crippen MR) is 77.7 cm³/mol. The molecule has 2 unspecified atom stereocenters. The molecule has 0 radical (unpaired) electrons. The molecule has 0 aromatic rings. The van der Waals surface area contributed by atoms with Crippen molar-refractivity contribution in [2.45, 2.75) is 52.2 Å². The number of carbonyl (C=O) groups excluding carboxylic acids is 2. The maximum absolute atomic E-state index is 12.3. The molecule has 1 aliphatic heterocycles. The first-order valence-corrected chi connectivity index (χ1v) is 7.36. The van der Waals surface area contributed by atoms with Gasteiger partial charge in [0, 0.05) is 13.1 Å². The van der Waals surface area contributed by atoms with E-state index >= 15 is 0 Å². The summed E-state index contributed by atoms with van der Waals surface area (Å²) in [5, 5.41) is 19.3. The molecule has 0 aromatic heterocycles. The molecule has 0 aromatic carbocycles. The monoisotopic (exact) mass is 312 g/mol. The molecule has 0 spiro atoms. The highest BCUT2D eigenvalue weighted by atomic mass is 16.6. The van der Waals surface area contributed by atoms with Crippen LogP contribution in [0.25, 0.3) is 0 Å². The zero-order valence-electron chi connectivity index (χ0n) is 13.6. The summed E-state index contributed by atoms with van der Waals surface area (Å²) in [6.07, 6.45) is -1.61. The van der Waals surface area contributed by atoms with Crippen LogP contribution in [0.2, 0.25) is 0 Å². The van der Waals surface area contributed by atoms with Crippen LogP contribution in [-0.4, -0.2) is 53.5 Å². The van der Waals surface area contributed by atoms with Gasteiger partial charge in [0.2, 0.25) is 0 Å².